The highest BCUT2D eigenvalue weighted by atomic mass is 35.5. The van der Waals surface area contributed by atoms with Crippen molar-refractivity contribution >= 4 is 29.0 Å². The number of methoxy groups -OCH3 is 1. The summed E-state index contributed by atoms with van der Waals surface area (Å²) in [6, 6.07) is 7.17. The summed E-state index contributed by atoms with van der Waals surface area (Å²) in [4.78, 5) is 15.5. The fraction of sp³-hybridized carbons (Fsp3) is 0.333. The van der Waals surface area contributed by atoms with Crippen LogP contribution in [0.5, 0.6) is 0 Å². The van der Waals surface area contributed by atoms with E-state index >= 15 is 0 Å². The molecule has 0 bridgehead atoms. The van der Waals surface area contributed by atoms with Crippen LogP contribution in [0.15, 0.2) is 29.3 Å². The van der Waals surface area contributed by atoms with Gasteiger partial charge < -0.3 is 4.74 Å². The van der Waals surface area contributed by atoms with Gasteiger partial charge in [-0.15, -0.1) is 0 Å². The summed E-state index contributed by atoms with van der Waals surface area (Å²) in [6.07, 6.45) is 0.952. The van der Waals surface area contributed by atoms with Crippen LogP contribution in [0.4, 0.5) is 5.69 Å². The second-order valence-electron chi connectivity index (χ2n) is 3.26. The van der Waals surface area contributed by atoms with Gasteiger partial charge in [0.15, 0.2) is 0 Å². The Hall–Kier alpha value is -1.35. The summed E-state index contributed by atoms with van der Waals surface area (Å²) in [7, 11) is 1.37. The van der Waals surface area contributed by atoms with E-state index in [-0.39, 0.29) is 12.4 Å². The first-order chi connectivity index (χ1) is 7.65. The minimum Gasteiger partial charge on any atom is -0.469 e. The second kappa shape index (κ2) is 6.28. The third-order valence-electron chi connectivity index (χ3n) is 2.10. The predicted molar refractivity (Wildman–Crippen MR) is 65.5 cm³/mol. The number of aliphatic imine (C=N–C) groups is 1. The molecule has 0 atom stereocenters. The zero-order chi connectivity index (χ0) is 12.0. The first-order valence-electron chi connectivity index (χ1n) is 5.04. The Bertz CT molecular complexity index is 385. The number of benzene rings is 1. The summed E-state index contributed by atoms with van der Waals surface area (Å²) < 4.78 is 4.60. The summed E-state index contributed by atoms with van der Waals surface area (Å²) >= 11 is 5.77. The molecule has 1 aromatic carbocycles. The number of rotatable bonds is 4. The Labute approximate surface area is 100 Å². The van der Waals surface area contributed by atoms with Gasteiger partial charge in [0, 0.05) is 10.7 Å². The minimum absolute atomic E-state index is 0.232. The molecule has 1 rings (SSSR count). The van der Waals surface area contributed by atoms with Crippen LogP contribution < -0.4 is 0 Å². The van der Waals surface area contributed by atoms with Gasteiger partial charge in [0.2, 0.25) is 0 Å². The molecule has 0 saturated carbocycles. The molecule has 0 aliphatic carbocycles. The van der Waals surface area contributed by atoms with Crippen LogP contribution in [0.1, 0.15) is 19.8 Å². The average molecular weight is 240 g/mol. The zero-order valence-electron chi connectivity index (χ0n) is 9.37. The van der Waals surface area contributed by atoms with Crippen LogP contribution in [0.3, 0.4) is 0 Å². The monoisotopic (exact) mass is 239 g/mol. The second-order valence-corrected chi connectivity index (χ2v) is 3.70. The van der Waals surface area contributed by atoms with Crippen molar-refractivity contribution in [2.24, 2.45) is 4.99 Å². The number of esters is 1. The van der Waals surface area contributed by atoms with Crippen molar-refractivity contribution in [1.82, 2.24) is 0 Å². The van der Waals surface area contributed by atoms with Gasteiger partial charge in [-0.05, 0) is 30.7 Å². The lowest BCUT2D eigenvalue weighted by molar-refractivity contribution is -0.139. The smallest absolute Gasteiger partial charge is 0.311 e. The molecule has 0 heterocycles. The molecule has 0 spiro atoms. The average Bonchev–Trinajstić information content (AvgIpc) is 2.30. The van der Waals surface area contributed by atoms with Gasteiger partial charge in [-0.25, -0.2) is 0 Å². The van der Waals surface area contributed by atoms with Gasteiger partial charge >= 0.3 is 5.97 Å². The largest absolute Gasteiger partial charge is 0.469 e. The SMILES string of the molecule is CCC(CC(=O)OC)=Nc1ccc(Cl)cc1. The van der Waals surface area contributed by atoms with Gasteiger partial charge in [-0.3, -0.25) is 9.79 Å². The Kier molecular flexibility index (Phi) is 4.99. The topological polar surface area (TPSA) is 38.7 Å². The first-order valence-corrected chi connectivity index (χ1v) is 5.42. The molecule has 0 fully saturated rings. The van der Waals surface area contributed by atoms with E-state index in [1.165, 1.54) is 7.11 Å². The highest BCUT2D eigenvalue weighted by Gasteiger charge is 2.05. The number of ether oxygens (including phenoxy) is 1. The van der Waals surface area contributed by atoms with E-state index in [1.54, 1.807) is 12.1 Å². The number of carbonyl (C=O) groups excluding carboxylic acids is 1. The van der Waals surface area contributed by atoms with Crippen molar-refractivity contribution in [1.29, 1.82) is 0 Å². The van der Waals surface area contributed by atoms with Crippen LogP contribution in [0.25, 0.3) is 0 Å². The fourth-order valence-corrected chi connectivity index (χ4v) is 1.31. The normalized spacial score (nSPS) is 11.3. The lowest BCUT2D eigenvalue weighted by Crippen LogP contribution is -2.08. The maximum Gasteiger partial charge on any atom is 0.311 e. The molecule has 0 aliphatic rings. The Morgan fingerprint density at radius 2 is 2.00 bits per heavy atom. The number of carbonyl (C=O) groups is 1. The van der Waals surface area contributed by atoms with Crippen molar-refractivity contribution in [2.45, 2.75) is 19.8 Å². The fourth-order valence-electron chi connectivity index (χ4n) is 1.18. The molecule has 0 unspecified atom stereocenters. The molecule has 86 valence electrons. The number of nitrogens with zero attached hydrogens (tertiary/aromatic N) is 1. The lowest BCUT2D eigenvalue weighted by Gasteiger charge is -2.02. The molecule has 1 aromatic rings. The molecule has 16 heavy (non-hydrogen) atoms. The summed E-state index contributed by atoms with van der Waals surface area (Å²) in [5.41, 5.74) is 1.60. The molecular formula is C12H14ClNO2. The molecule has 0 amide bonds. The van der Waals surface area contributed by atoms with Crippen molar-refractivity contribution in [3.05, 3.63) is 29.3 Å². The van der Waals surface area contributed by atoms with E-state index in [4.69, 9.17) is 11.6 Å². The molecule has 3 nitrogen and oxygen atoms in total. The molecule has 4 heteroatoms. The van der Waals surface area contributed by atoms with Crippen molar-refractivity contribution in [3.63, 3.8) is 0 Å². The van der Waals surface area contributed by atoms with E-state index in [9.17, 15) is 4.79 Å². The van der Waals surface area contributed by atoms with Crippen LogP contribution in [0, 0.1) is 0 Å². The molecular weight excluding hydrogens is 226 g/mol. The highest BCUT2D eigenvalue weighted by molar-refractivity contribution is 6.30. The third kappa shape index (κ3) is 4.03. The van der Waals surface area contributed by atoms with Gasteiger partial charge in [0.1, 0.15) is 0 Å². The quantitative estimate of drug-likeness (QED) is 0.597. The van der Waals surface area contributed by atoms with Gasteiger partial charge in [0.25, 0.3) is 0 Å². The van der Waals surface area contributed by atoms with E-state index in [1.807, 2.05) is 19.1 Å². The van der Waals surface area contributed by atoms with Crippen LogP contribution >= 0.6 is 11.6 Å². The van der Waals surface area contributed by atoms with Crippen molar-refractivity contribution < 1.29 is 9.53 Å². The van der Waals surface area contributed by atoms with E-state index in [2.05, 4.69) is 9.73 Å². The van der Waals surface area contributed by atoms with Crippen molar-refractivity contribution in [3.8, 4) is 0 Å². The molecule has 0 aliphatic heterocycles. The minimum atomic E-state index is -0.269. The summed E-state index contributed by atoms with van der Waals surface area (Å²) in [5.74, 6) is -0.269. The maximum atomic E-state index is 11.1. The molecule has 0 saturated heterocycles. The Balaban J connectivity index is 2.79. The third-order valence-corrected chi connectivity index (χ3v) is 2.35. The maximum absolute atomic E-state index is 11.1. The highest BCUT2D eigenvalue weighted by Crippen LogP contribution is 2.17. The molecule has 0 aromatic heterocycles. The predicted octanol–water partition coefficient (Wildman–Crippen LogP) is 3.39. The molecule has 0 radical (unpaired) electrons. The Morgan fingerprint density at radius 1 is 1.38 bits per heavy atom. The Morgan fingerprint density at radius 3 is 2.50 bits per heavy atom. The van der Waals surface area contributed by atoms with Crippen LogP contribution in [-0.4, -0.2) is 18.8 Å². The van der Waals surface area contributed by atoms with Gasteiger partial charge in [-0.1, -0.05) is 18.5 Å². The van der Waals surface area contributed by atoms with E-state index in [0.717, 1.165) is 17.8 Å². The van der Waals surface area contributed by atoms with Gasteiger partial charge in [0.05, 0.1) is 19.2 Å². The first kappa shape index (κ1) is 12.7. The number of halogens is 1. The molecule has 0 N–H and O–H groups in total. The van der Waals surface area contributed by atoms with Crippen LogP contribution in [-0.2, 0) is 9.53 Å². The summed E-state index contributed by atoms with van der Waals surface area (Å²) in [5, 5.41) is 0.671. The number of hydrogen-bond acceptors (Lipinski definition) is 3. The zero-order valence-corrected chi connectivity index (χ0v) is 10.1. The number of hydrogen-bond donors (Lipinski definition) is 0. The standard InChI is InChI=1S/C12H14ClNO2/c1-3-10(8-12(15)16-2)14-11-6-4-9(13)5-7-11/h4-7H,3,8H2,1-2H3. The van der Waals surface area contributed by atoms with Crippen molar-refractivity contribution in [2.75, 3.05) is 7.11 Å². The van der Waals surface area contributed by atoms with Crippen LogP contribution in [0.2, 0.25) is 5.02 Å². The van der Waals surface area contributed by atoms with E-state index < -0.39 is 0 Å². The van der Waals surface area contributed by atoms with E-state index in [0.29, 0.717) is 5.02 Å². The summed E-state index contributed by atoms with van der Waals surface area (Å²) in [6.45, 7) is 1.96. The van der Waals surface area contributed by atoms with Gasteiger partial charge in [-0.2, -0.15) is 0 Å². The lowest BCUT2D eigenvalue weighted by atomic mass is 10.2.